The number of fused-ring (bicyclic) bond motifs is 1. The molecule has 0 saturated heterocycles. The van der Waals surface area contributed by atoms with Crippen molar-refractivity contribution in [2.45, 2.75) is 13.5 Å². The second-order valence-electron chi connectivity index (χ2n) is 7.51. The summed E-state index contributed by atoms with van der Waals surface area (Å²) in [6, 6.07) is 10.8. The molecule has 0 radical (unpaired) electrons. The SMILES string of the molecule is COCCNCc1cn2ncnc(N)c2c1-c1ccc(NC(=O)Nc2cc(C)ccn2)cc1. The van der Waals surface area contributed by atoms with Gasteiger partial charge in [0.1, 0.15) is 17.7 Å². The van der Waals surface area contributed by atoms with Gasteiger partial charge in [0.15, 0.2) is 5.82 Å². The van der Waals surface area contributed by atoms with Gasteiger partial charge in [-0.3, -0.25) is 5.32 Å². The molecule has 2 amide bonds. The summed E-state index contributed by atoms with van der Waals surface area (Å²) >= 11 is 0. The Balaban J connectivity index is 1.55. The number of methoxy groups -OCH3 is 1. The van der Waals surface area contributed by atoms with Crippen molar-refractivity contribution in [3.63, 3.8) is 0 Å². The molecule has 0 unspecified atom stereocenters. The highest BCUT2D eigenvalue weighted by molar-refractivity contribution is 5.99. The number of nitrogen functional groups attached to an aromatic ring is 1. The van der Waals surface area contributed by atoms with E-state index in [1.165, 1.54) is 6.33 Å². The van der Waals surface area contributed by atoms with E-state index in [0.29, 0.717) is 30.5 Å². The maximum absolute atomic E-state index is 12.3. The van der Waals surface area contributed by atoms with Gasteiger partial charge >= 0.3 is 6.03 Å². The normalized spacial score (nSPS) is 11.0. The fourth-order valence-electron chi connectivity index (χ4n) is 3.54. The van der Waals surface area contributed by atoms with Crippen molar-refractivity contribution in [1.29, 1.82) is 0 Å². The molecule has 0 aliphatic rings. The van der Waals surface area contributed by atoms with Crippen LogP contribution in [0.5, 0.6) is 0 Å². The summed E-state index contributed by atoms with van der Waals surface area (Å²) in [6.45, 7) is 3.89. The van der Waals surface area contributed by atoms with Crippen LogP contribution < -0.4 is 21.7 Å². The van der Waals surface area contributed by atoms with Gasteiger partial charge in [0.2, 0.25) is 0 Å². The molecule has 0 bridgehead atoms. The van der Waals surface area contributed by atoms with Crippen molar-refractivity contribution in [3.8, 4) is 11.1 Å². The van der Waals surface area contributed by atoms with E-state index in [4.69, 9.17) is 10.5 Å². The van der Waals surface area contributed by atoms with Gasteiger partial charge in [-0.25, -0.2) is 19.3 Å². The number of urea groups is 1. The number of nitrogens with one attached hydrogen (secondary N) is 3. The summed E-state index contributed by atoms with van der Waals surface area (Å²) in [7, 11) is 1.67. The van der Waals surface area contributed by atoms with Gasteiger partial charge in [-0.1, -0.05) is 12.1 Å². The number of benzene rings is 1. The van der Waals surface area contributed by atoms with Crippen LogP contribution in [0, 0.1) is 6.92 Å². The Morgan fingerprint density at radius 3 is 2.73 bits per heavy atom. The first-order valence-corrected chi connectivity index (χ1v) is 10.5. The number of carbonyl (C=O) groups is 1. The summed E-state index contributed by atoms with van der Waals surface area (Å²) in [5.74, 6) is 0.890. The number of pyridine rings is 1. The lowest BCUT2D eigenvalue weighted by molar-refractivity contribution is 0.199. The maximum Gasteiger partial charge on any atom is 0.324 e. The van der Waals surface area contributed by atoms with Gasteiger partial charge in [0.05, 0.1) is 6.61 Å². The second-order valence-corrected chi connectivity index (χ2v) is 7.51. The van der Waals surface area contributed by atoms with Gasteiger partial charge in [-0.2, -0.15) is 5.10 Å². The number of anilines is 3. The summed E-state index contributed by atoms with van der Waals surface area (Å²) in [5.41, 5.74) is 11.5. The van der Waals surface area contributed by atoms with Crippen molar-refractivity contribution < 1.29 is 9.53 Å². The molecule has 4 rings (SSSR count). The summed E-state index contributed by atoms with van der Waals surface area (Å²) in [6.07, 6.45) is 5.03. The van der Waals surface area contributed by atoms with E-state index >= 15 is 0 Å². The Morgan fingerprint density at radius 1 is 1.15 bits per heavy atom. The number of hydrogen-bond acceptors (Lipinski definition) is 7. The molecule has 5 N–H and O–H groups in total. The number of amides is 2. The molecule has 0 aliphatic heterocycles. The monoisotopic (exact) mass is 446 g/mol. The Kier molecular flexibility index (Phi) is 6.77. The number of nitrogens with zero attached hydrogens (tertiary/aromatic N) is 4. The number of rotatable bonds is 8. The van der Waals surface area contributed by atoms with E-state index in [9.17, 15) is 4.79 Å². The van der Waals surface area contributed by atoms with Crippen LogP contribution in [0.1, 0.15) is 11.1 Å². The van der Waals surface area contributed by atoms with Crippen LogP contribution in [0.25, 0.3) is 16.6 Å². The Labute approximate surface area is 191 Å². The van der Waals surface area contributed by atoms with Crippen LogP contribution in [0.3, 0.4) is 0 Å². The van der Waals surface area contributed by atoms with E-state index in [1.807, 2.05) is 43.5 Å². The lowest BCUT2D eigenvalue weighted by atomic mass is 10.0. The molecule has 0 atom stereocenters. The van der Waals surface area contributed by atoms with Crippen molar-refractivity contribution in [3.05, 3.63) is 66.2 Å². The molecule has 0 aliphatic carbocycles. The number of ether oxygens (including phenoxy) is 1. The number of nitrogens with two attached hydrogens (primary N) is 1. The molecule has 3 aromatic heterocycles. The first-order valence-electron chi connectivity index (χ1n) is 10.5. The molecule has 1 aromatic carbocycles. The first kappa shape index (κ1) is 22.2. The Bertz CT molecular complexity index is 1250. The zero-order chi connectivity index (χ0) is 23.2. The van der Waals surface area contributed by atoms with E-state index in [2.05, 4.69) is 31.0 Å². The third-order valence-electron chi connectivity index (χ3n) is 5.07. The average molecular weight is 447 g/mol. The van der Waals surface area contributed by atoms with Gasteiger partial charge in [-0.15, -0.1) is 0 Å². The van der Waals surface area contributed by atoms with Crippen LogP contribution in [-0.2, 0) is 11.3 Å². The second kappa shape index (κ2) is 10.1. The molecular formula is C23H26N8O2. The molecule has 3 heterocycles. The molecule has 0 saturated carbocycles. The highest BCUT2D eigenvalue weighted by atomic mass is 16.5. The topological polar surface area (TPSA) is 131 Å². The lowest BCUT2D eigenvalue weighted by Gasteiger charge is -2.10. The zero-order valence-corrected chi connectivity index (χ0v) is 18.5. The van der Waals surface area contributed by atoms with E-state index in [0.717, 1.165) is 34.3 Å². The largest absolute Gasteiger partial charge is 0.383 e. The van der Waals surface area contributed by atoms with E-state index in [-0.39, 0.29) is 6.03 Å². The minimum Gasteiger partial charge on any atom is -0.383 e. The third-order valence-corrected chi connectivity index (χ3v) is 5.07. The van der Waals surface area contributed by atoms with Crippen molar-refractivity contribution >= 4 is 28.9 Å². The summed E-state index contributed by atoms with van der Waals surface area (Å²) in [5, 5.41) is 13.2. The molecule has 170 valence electrons. The highest BCUT2D eigenvalue weighted by Crippen LogP contribution is 2.33. The smallest absolute Gasteiger partial charge is 0.324 e. The minimum absolute atomic E-state index is 0.365. The number of aryl methyl sites for hydroxylation is 1. The van der Waals surface area contributed by atoms with Gasteiger partial charge in [-0.05, 0) is 47.9 Å². The molecule has 4 aromatic rings. The van der Waals surface area contributed by atoms with Gasteiger partial charge < -0.3 is 21.1 Å². The van der Waals surface area contributed by atoms with E-state index in [1.54, 1.807) is 23.9 Å². The van der Waals surface area contributed by atoms with Gasteiger partial charge in [0.25, 0.3) is 0 Å². The molecule has 10 heteroatoms. The van der Waals surface area contributed by atoms with Crippen LogP contribution in [0.4, 0.5) is 22.1 Å². The third kappa shape index (κ3) is 5.25. The first-order chi connectivity index (χ1) is 16.0. The van der Waals surface area contributed by atoms with Crippen molar-refractivity contribution in [2.24, 2.45) is 0 Å². The fraction of sp³-hybridized carbons (Fsp3) is 0.217. The predicted molar refractivity (Wildman–Crippen MR) is 128 cm³/mol. The quantitative estimate of drug-likeness (QED) is 0.306. The van der Waals surface area contributed by atoms with Gasteiger partial charge in [0, 0.05) is 43.8 Å². The number of carbonyl (C=O) groups excluding carboxylic acids is 1. The van der Waals surface area contributed by atoms with Crippen LogP contribution in [0.2, 0.25) is 0 Å². The van der Waals surface area contributed by atoms with E-state index < -0.39 is 0 Å². The van der Waals surface area contributed by atoms with Crippen molar-refractivity contribution in [1.82, 2.24) is 24.9 Å². The molecule has 0 fully saturated rings. The summed E-state index contributed by atoms with van der Waals surface area (Å²) < 4.78 is 6.84. The number of aromatic nitrogens is 4. The average Bonchev–Trinajstić information content (AvgIpc) is 3.17. The van der Waals surface area contributed by atoms with Crippen LogP contribution >= 0.6 is 0 Å². The number of hydrogen-bond donors (Lipinski definition) is 4. The highest BCUT2D eigenvalue weighted by Gasteiger charge is 2.16. The van der Waals surface area contributed by atoms with Crippen LogP contribution in [-0.4, -0.2) is 45.9 Å². The lowest BCUT2D eigenvalue weighted by Crippen LogP contribution is -2.20. The molecule has 0 spiro atoms. The Hall–Kier alpha value is -4.02. The van der Waals surface area contributed by atoms with Crippen molar-refractivity contribution in [2.75, 3.05) is 36.6 Å². The fourth-order valence-corrected chi connectivity index (χ4v) is 3.54. The predicted octanol–water partition coefficient (Wildman–Crippen LogP) is 3.06. The molecular weight excluding hydrogens is 420 g/mol. The zero-order valence-electron chi connectivity index (χ0n) is 18.5. The molecule has 10 nitrogen and oxygen atoms in total. The maximum atomic E-state index is 12.3. The van der Waals surface area contributed by atoms with Crippen LogP contribution in [0.15, 0.2) is 55.1 Å². The Morgan fingerprint density at radius 2 is 1.97 bits per heavy atom. The standard InChI is InChI=1S/C23H26N8O2/c1-15-7-8-26-19(11-15)30-23(32)29-18-5-3-16(4-6-18)20-17(12-25-9-10-33-2)13-31-21(20)22(24)27-14-28-31/h3-8,11,13-14,25H,9-10,12H2,1-2H3,(H2,24,27,28)(H2,26,29,30,32). The minimum atomic E-state index is -0.365. The summed E-state index contributed by atoms with van der Waals surface area (Å²) in [4.78, 5) is 20.6. The molecule has 33 heavy (non-hydrogen) atoms.